The zero-order valence-corrected chi connectivity index (χ0v) is 8.86. The molecule has 14 heavy (non-hydrogen) atoms. The van der Waals surface area contributed by atoms with Crippen molar-refractivity contribution in [3.8, 4) is 0 Å². The average molecular weight is 189 g/mol. The molecule has 3 nitrogen and oxygen atoms in total. The summed E-state index contributed by atoms with van der Waals surface area (Å²) in [6, 6.07) is 4.16. The van der Waals surface area contributed by atoms with E-state index in [9.17, 15) is 0 Å². The molecule has 0 aliphatic rings. The summed E-state index contributed by atoms with van der Waals surface area (Å²) in [4.78, 5) is 4.32. The fourth-order valence-electron chi connectivity index (χ4n) is 1.50. The lowest BCUT2D eigenvalue weighted by Crippen LogP contribution is -2.04. The van der Waals surface area contributed by atoms with E-state index < -0.39 is 0 Å². The molecule has 0 amide bonds. The van der Waals surface area contributed by atoms with Crippen LogP contribution in [0.25, 0.3) is 5.52 Å². The van der Waals surface area contributed by atoms with Crippen LogP contribution in [-0.4, -0.2) is 14.6 Å². The molecule has 0 radical (unpaired) electrons. The van der Waals surface area contributed by atoms with Crippen molar-refractivity contribution in [2.45, 2.75) is 33.1 Å². The molecule has 3 heteroatoms. The molecule has 0 saturated heterocycles. The van der Waals surface area contributed by atoms with E-state index in [1.54, 1.807) is 0 Å². The van der Waals surface area contributed by atoms with Gasteiger partial charge in [-0.25, -0.2) is 9.50 Å². The van der Waals surface area contributed by atoms with E-state index in [0.29, 0.717) is 5.92 Å². The maximum Gasteiger partial charge on any atom is 0.151 e. The third-order valence-corrected chi connectivity index (χ3v) is 2.37. The van der Waals surface area contributed by atoms with Gasteiger partial charge in [-0.15, -0.1) is 0 Å². The molecule has 74 valence electrons. The van der Waals surface area contributed by atoms with Crippen molar-refractivity contribution in [1.82, 2.24) is 14.6 Å². The van der Waals surface area contributed by atoms with Crippen molar-refractivity contribution in [1.29, 1.82) is 0 Å². The molecule has 0 aliphatic carbocycles. The zero-order valence-electron chi connectivity index (χ0n) is 8.86. The molecule has 2 heterocycles. The molecule has 0 fully saturated rings. The minimum absolute atomic E-state index is 0.381. The van der Waals surface area contributed by atoms with Gasteiger partial charge in [-0.3, -0.25) is 0 Å². The second-order valence-electron chi connectivity index (χ2n) is 3.79. The van der Waals surface area contributed by atoms with Gasteiger partial charge in [-0.2, -0.15) is 5.10 Å². The quantitative estimate of drug-likeness (QED) is 0.726. The van der Waals surface area contributed by atoms with Crippen LogP contribution >= 0.6 is 0 Å². The fourth-order valence-corrected chi connectivity index (χ4v) is 1.50. The van der Waals surface area contributed by atoms with E-state index >= 15 is 0 Å². The monoisotopic (exact) mass is 189 g/mol. The first kappa shape index (κ1) is 9.19. The van der Waals surface area contributed by atoms with Gasteiger partial charge in [0.25, 0.3) is 0 Å². The van der Waals surface area contributed by atoms with Crippen LogP contribution in [0.5, 0.6) is 0 Å². The molecular weight excluding hydrogens is 174 g/mol. The van der Waals surface area contributed by atoms with E-state index in [0.717, 1.165) is 17.8 Å². The Kier molecular flexibility index (Phi) is 2.23. The first-order chi connectivity index (χ1) is 6.72. The van der Waals surface area contributed by atoms with Gasteiger partial charge in [0.2, 0.25) is 0 Å². The Bertz CT molecular complexity index is 443. The number of fused-ring (bicyclic) bond motifs is 1. The van der Waals surface area contributed by atoms with Gasteiger partial charge >= 0.3 is 0 Å². The van der Waals surface area contributed by atoms with Crippen LogP contribution in [0.15, 0.2) is 18.3 Å². The van der Waals surface area contributed by atoms with Crippen molar-refractivity contribution in [3.05, 3.63) is 29.8 Å². The highest BCUT2D eigenvalue weighted by Gasteiger charge is 2.06. The van der Waals surface area contributed by atoms with Crippen LogP contribution < -0.4 is 0 Å². The summed E-state index contributed by atoms with van der Waals surface area (Å²) in [7, 11) is 0. The smallest absolute Gasteiger partial charge is 0.151 e. The Morgan fingerprint density at radius 3 is 2.79 bits per heavy atom. The highest BCUT2D eigenvalue weighted by Crippen LogP contribution is 2.12. The number of nitrogens with zero attached hydrogens (tertiary/aromatic N) is 3. The lowest BCUT2D eigenvalue weighted by molar-refractivity contribution is 0.706. The van der Waals surface area contributed by atoms with Gasteiger partial charge in [0.15, 0.2) is 5.82 Å². The van der Waals surface area contributed by atoms with E-state index in [1.807, 2.05) is 10.7 Å². The minimum Gasteiger partial charge on any atom is -0.237 e. The summed E-state index contributed by atoms with van der Waals surface area (Å²) < 4.78 is 1.99. The van der Waals surface area contributed by atoms with E-state index in [4.69, 9.17) is 0 Å². The maximum atomic E-state index is 4.51. The Morgan fingerprint density at radius 1 is 1.36 bits per heavy atom. The number of aromatic nitrogens is 3. The highest BCUT2D eigenvalue weighted by atomic mass is 15.3. The second-order valence-corrected chi connectivity index (χ2v) is 3.79. The first-order valence-electron chi connectivity index (χ1n) is 5.06. The van der Waals surface area contributed by atoms with Crippen molar-refractivity contribution in [2.75, 3.05) is 0 Å². The van der Waals surface area contributed by atoms with Crippen molar-refractivity contribution < 1.29 is 0 Å². The highest BCUT2D eigenvalue weighted by molar-refractivity contribution is 5.46. The van der Waals surface area contributed by atoms with Crippen molar-refractivity contribution in [3.63, 3.8) is 0 Å². The summed E-state index contributed by atoms with van der Waals surface area (Å²) in [6.45, 7) is 6.35. The van der Waals surface area contributed by atoms with E-state index in [-0.39, 0.29) is 0 Å². The standard InChI is InChI=1S/C11H15N3/c1-4-9-5-6-10-7-12-11(8(2)3)13-14(9)10/h5-8H,4H2,1-3H3. The maximum absolute atomic E-state index is 4.51. The third kappa shape index (κ3) is 1.39. The third-order valence-electron chi connectivity index (χ3n) is 2.37. The van der Waals surface area contributed by atoms with Crippen LogP contribution in [0.3, 0.4) is 0 Å². The average Bonchev–Trinajstić information content (AvgIpc) is 2.59. The van der Waals surface area contributed by atoms with Crippen LogP contribution in [0.4, 0.5) is 0 Å². The molecule has 0 aromatic carbocycles. The predicted molar refractivity (Wildman–Crippen MR) is 56.5 cm³/mol. The molecule has 2 aromatic heterocycles. The van der Waals surface area contributed by atoms with Gasteiger partial charge in [0.05, 0.1) is 11.7 Å². The normalized spacial score (nSPS) is 11.4. The molecule has 0 atom stereocenters. The molecule has 0 unspecified atom stereocenters. The lowest BCUT2D eigenvalue weighted by atomic mass is 10.2. The van der Waals surface area contributed by atoms with Gasteiger partial charge < -0.3 is 0 Å². The Hall–Kier alpha value is -1.38. The lowest BCUT2D eigenvalue weighted by Gasteiger charge is -2.04. The van der Waals surface area contributed by atoms with Gasteiger partial charge in [-0.05, 0) is 18.6 Å². The molecule has 0 aliphatic heterocycles. The summed E-state index contributed by atoms with van der Waals surface area (Å²) in [6.07, 6.45) is 2.89. The predicted octanol–water partition coefficient (Wildman–Crippen LogP) is 2.42. The SMILES string of the molecule is CCc1ccc2cnc(C(C)C)nn12. The first-order valence-corrected chi connectivity index (χ1v) is 5.06. The number of hydrogen-bond donors (Lipinski definition) is 0. The zero-order chi connectivity index (χ0) is 10.1. The van der Waals surface area contributed by atoms with Gasteiger partial charge in [-0.1, -0.05) is 20.8 Å². The Morgan fingerprint density at radius 2 is 2.14 bits per heavy atom. The summed E-state index contributed by atoms with van der Waals surface area (Å²) in [5, 5.41) is 4.51. The number of hydrogen-bond acceptors (Lipinski definition) is 2. The Balaban J connectivity index is 2.61. The Labute approximate surface area is 83.8 Å². The van der Waals surface area contributed by atoms with Crippen molar-refractivity contribution >= 4 is 5.52 Å². The van der Waals surface area contributed by atoms with E-state index in [2.05, 4.69) is 43.0 Å². The molecule has 0 N–H and O–H groups in total. The summed E-state index contributed by atoms with van der Waals surface area (Å²) in [5.41, 5.74) is 2.32. The molecule has 0 saturated carbocycles. The number of aryl methyl sites for hydroxylation is 1. The van der Waals surface area contributed by atoms with Crippen molar-refractivity contribution in [2.24, 2.45) is 0 Å². The molecule has 0 bridgehead atoms. The fraction of sp³-hybridized carbons (Fsp3) is 0.455. The van der Waals surface area contributed by atoms with Crippen LogP contribution in [0, 0.1) is 0 Å². The van der Waals surface area contributed by atoms with E-state index in [1.165, 1.54) is 5.69 Å². The van der Waals surface area contributed by atoms with Crippen LogP contribution in [0.2, 0.25) is 0 Å². The molecule has 2 rings (SSSR count). The largest absolute Gasteiger partial charge is 0.237 e. The van der Waals surface area contributed by atoms with Crippen LogP contribution in [0.1, 0.15) is 38.2 Å². The molecular formula is C11H15N3. The van der Waals surface area contributed by atoms with Gasteiger partial charge in [0.1, 0.15) is 0 Å². The number of rotatable bonds is 2. The van der Waals surface area contributed by atoms with Gasteiger partial charge in [0, 0.05) is 11.6 Å². The summed E-state index contributed by atoms with van der Waals surface area (Å²) >= 11 is 0. The minimum atomic E-state index is 0.381. The summed E-state index contributed by atoms with van der Waals surface area (Å²) in [5.74, 6) is 1.29. The molecule has 2 aromatic rings. The molecule has 0 spiro atoms. The van der Waals surface area contributed by atoms with Crippen LogP contribution in [-0.2, 0) is 6.42 Å². The topological polar surface area (TPSA) is 30.2 Å². The second kappa shape index (κ2) is 3.40.